The molecule has 3 nitrogen and oxygen atoms in total. The first-order valence-corrected chi connectivity index (χ1v) is 4.76. The molecular weight excluding hydrogens is 212 g/mol. The molecule has 0 radical (unpaired) electrons. The number of hydrogen-bond acceptors (Lipinski definition) is 3. The molecule has 15 heavy (non-hydrogen) atoms. The lowest BCUT2D eigenvalue weighted by Crippen LogP contribution is -1.87. The molecule has 0 saturated carbocycles. The molecule has 0 spiro atoms. The third-order valence-corrected chi connectivity index (χ3v) is 2.22. The minimum absolute atomic E-state index is 0.102. The fourth-order valence-electron chi connectivity index (χ4n) is 1.32. The Morgan fingerprint density at radius 1 is 1.20 bits per heavy atom. The van der Waals surface area contributed by atoms with Gasteiger partial charge in [-0.05, 0) is 24.3 Å². The highest BCUT2D eigenvalue weighted by molar-refractivity contribution is 6.29. The normalized spacial score (nSPS) is 10.2. The summed E-state index contributed by atoms with van der Waals surface area (Å²) in [6.45, 7) is 0. The molecule has 3 N–H and O–H groups in total. The van der Waals surface area contributed by atoms with Crippen molar-refractivity contribution in [3.05, 3.63) is 41.6 Å². The predicted octanol–water partition coefficient (Wildman–Crippen LogP) is 2.69. The Morgan fingerprint density at radius 3 is 2.67 bits per heavy atom. The Bertz CT molecular complexity index is 500. The lowest BCUT2D eigenvalue weighted by atomic mass is 10.1. The minimum atomic E-state index is 0.102. The van der Waals surface area contributed by atoms with Gasteiger partial charge in [0.25, 0.3) is 0 Å². The second kappa shape index (κ2) is 3.79. The van der Waals surface area contributed by atoms with Crippen molar-refractivity contribution >= 4 is 17.3 Å². The number of phenols is 1. The summed E-state index contributed by atoms with van der Waals surface area (Å²) in [5.41, 5.74) is 7.28. The largest absolute Gasteiger partial charge is 0.507 e. The van der Waals surface area contributed by atoms with Gasteiger partial charge in [-0.25, -0.2) is 4.98 Å². The van der Waals surface area contributed by atoms with Gasteiger partial charge in [0.2, 0.25) is 0 Å². The molecule has 0 bridgehead atoms. The quantitative estimate of drug-likeness (QED) is 0.574. The second-order valence-corrected chi connectivity index (χ2v) is 3.51. The molecule has 0 aliphatic heterocycles. The highest BCUT2D eigenvalue weighted by Crippen LogP contribution is 2.29. The number of anilines is 1. The number of nitrogens with zero attached hydrogens (tertiary/aromatic N) is 1. The molecule has 0 atom stereocenters. The van der Waals surface area contributed by atoms with Crippen LogP contribution >= 0.6 is 11.6 Å². The predicted molar refractivity (Wildman–Crippen MR) is 60.8 cm³/mol. The Morgan fingerprint density at radius 2 is 2.00 bits per heavy atom. The van der Waals surface area contributed by atoms with Gasteiger partial charge in [-0.3, -0.25) is 0 Å². The molecule has 1 heterocycles. The maximum absolute atomic E-state index is 9.67. The number of nitrogen functional groups attached to an aromatic ring is 1. The van der Waals surface area contributed by atoms with Crippen molar-refractivity contribution in [1.29, 1.82) is 0 Å². The Labute approximate surface area is 92.1 Å². The van der Waals surface area contributed by atoms with Gasteiger partial charge in [0, 0.05) is 17.3 Å². The number of halogens is 1. The zero-order valence-corrected chi connectivity index (χ0v) is 8.57. The third-order valence-electron chi connectivity index (χ3n) is 2.01. The van der Waals surface area contributed by atoms with E-state index in [4.69, 9.17) is 17.3 Å². The molecule has 0 fully saturated rings. The standard InChI is InChI=1S/C11H9ClN2O/c12-11-3-1-2-9(14-11)8-5-4-7(13)6-10(8)15/h1-6,15H,13H2. The van der Waals surface area contributed by atoms with E-state index >= 15 is 0 Å². The number of phenolic OH excluding ortho intramolecular Hbond substituents is 1. The van der Waals surface area contributed by atoms with E-state index in [1.54, 1.807) is 30.3 Å². The van der Waals surface area contributed by atoms with E-state index in [1.807, 2.05) is 0 Å². The van der Waals surface area contributed by atoms with E-state index in [0.29, 0.717) is 22.1 Å². The van der Waals surface area contributed by atoms with E-state index < -0.39 is 0 Å². The van der Waals surface area contributed by atoms with Crippen LogP contribution in [-0.4, -0.2) is 10.1 Å². The third kappa shape index (κ3) is 2.02. The van der Waals surface area contributed by atoms with Crippen LogP contribution in [0.1, 0.15) is 0 Å². The molecule has 76 valence electrons. The molecule has 0 saturated heterocycles. The van der Waals surface area contributed by atoms with Crippen LogP contribution in [0.15, 0.2) is 36.4 Å². The van der Waals surface area contributed by atoms with Crippen LogP contribution in [0.2, 0.25) is 5.15 Å². The fourth-order valence-corrected chi connectivity index (χ4v) is 1.49. The maximum Gasteiger partial charge on any atom is 0.129 e. The van der Waals surface area contributed by atoms with Gasteiger partial charge in [-0.1, -0.05) is 17.7 Å². The molecule has 1 aromatic heterocycles. The zero-order valence-electron chi connectivity index (χ0n) is 7.81. The molecule has 0 amide bonds. The topological polar surface area (TPSA) is 59.1 Å². The van der Waals surface area contributed by atoms with Crippen LogP contribution in [-0.2, 0) is 0 Å². The first-order valence-electron chi connectivity index (χ1n) is 4.38. The summed E-state index contributed by atoms with van der Waals surface area (Å²) in [5, 5.41) is 10.1. The number of pyridine rings is 1. The van der Waals surface area contributed by atoms with E-state index in [-0.39, 0.29) is 5.75 Å². The monoisotopic (exact) mass is 220 g/mol. The van der Waals surface area contributed by atoms with E-state index in [2.05, 4.69) is 4.98 Å². The minimum Gasteiger partial charge on any atom is -0.507 e. The molecule has 0 aliphatic carbocycles. The average molecular weight is 221 g/mol. The van der Waals surface area contributed by atoms with E-state index in [0.717, 1.165) is 0 Å². The number of aromatic nitrogens is 1. The summed E-state index contributed by atoms with van der Waals surface area (Å²) in [6.07, 6.45) is 0. The lowest BCUT2D eigenvalue weighted by Gasteiger charge is -2.04. The van der Waals surface area contributed by atoms with Crippen LogP contribution in [0.5, 0.6) is 5.75 Å². The summed E-state index contributed by atoms with van der Waals surface area (Å²) in [4.78, 5) is 4.10. The van der Waals surface area contributed by atoms with Crippen molar-refractivity contribution in [2.24, 2.45) is 0 Å². The SMILES string of the molecule is Nc1ccc(-c2cccc(Cl)n2)c(O)c1. The number of benzene rings is 1. The second-order valence-electron chi connectivity index (χ2n) is 3.12. The highest BCUT2D eigenvalue weighted by Gasteiger charge is 2.05. The van der Waals surface area contributed by atoms with Gasteiger partial charge in [0.15, 0.2) is 0 Å². The first kappa shape index (κ1) is 9.80. The molecule has 2 aromatic rings. The number of nitrogens with two attached hydrogens (primary N) is 1. The molecule has 0 aliphatic rings. The van der Waals surface area contributed by atoms with Crippen LogP contribution in [0.25, 0.3) is 11.3 Å². The highest BCUT2D eigenvalue weighted by atomic mass is 35.5. The van der Waals surface area contributed by atoms with Gasteiger partial charge in [-0.15, -0.1) is 0 Å². The van der Waals surface area contributed by atoms with Crippen LogP contribution in [0.4, 0.5) is 5.69 Å². The average Bonchev–Trinajstić information content (AvgIpc) is 2.17. The summed E-state index contributed by atoms with van der Waals surface area (Å²) >= 11 is 5.76. The van der Waals surface area contributed by atoms with Gasteiger partial charge in [0.1, 0.15) is 10.9 Å². The van der Waals surface area contributed by atoms with Gasteiger partial charge < -0.3 is 10.8 Å². The molecule has 1 aromatic carbocycles. The van der Waals surface area contributed by atoms with Crippen molar-refractivity contribution in [1.82, 2.24) is 4.98 Å². The number of aromatic hydroxyl groups is 1. The van der Waals surface area contributed by atoms with E-state index in [1.165, 1.54) is 6.07 Å². The number of rotatable bonds is 1. The molecule has 2 rings (SSSR count). The van der Waals surface area contributed by atoms with E-state index in [9.17, 15) is 5.11 Å². The Kier molecular flexibility index (Phi) is 2.47. The smallest absolute Gasteiger partial charge is 0.129 e. The Balaban J connectivity index is 2.54. The van der Waals surface area contributed by atoms with Crippen molar-refractivity contribution < 1.29 is 5.11 Å². The first-order chi connectivity index (χ1) is 7.16. The van der Waals surface area contributed by atoms with Crippen LogP contribution < -0.4 is 5.73 Å². The van der Waals surface area contributed by atoms with Crippen LogP contribution in [0, 0.1) is 0 Å². The van der Waals surface area contributed by atoms with Crippen molar-refractivity contribution in [3.8, 4) is 17.0 Å². The Hall–Kier alpha value is -1.74. The summed E-state index contributed by atoms with van der Waals surface area (Å²) in [6, 6.07) is 10.1. The van der Waals surface area contributed by atoms with Crippen molar-refractivity contribution in [3.63, 3.8) is 0 Å². The van der Waals surface area contributed by atoms with Crippen LogP contribution in [0.3, 0.4) is 0 Å². The lowest BCUT2D eigenvalue weighted by molar-refractivity contribution is 0.477. The number of hydrogen-bond donors (Lipinski definition) is 2. The molecule has 0 unspecified atom stereocenters. The maximum atomic E-state index is 9.67. The molecule has 4 heteroatoms. The summed E-state index contributed by atoms with van der Waals surface area (Å²) in [5.74, 6) is 0.102. The van der Waals surface area contributed by atoms with Crippen molar-refractivity contribution in [2.45, 2.75) is 0 Å². The summed E-state index contributed by atoms with van der Waals surface area (Å²) < 4.78 is 0. The van der Waals surface area contributed by atoms with Gasteiger partial charge >= 0.3 is 0 Å². The zero-order chi connectivity index (χ0) is 10.8. The molecular formula is C11H9ClN2O. The summed E-state index contributed by atoms with van der Waals surface area (Å²) in [7, 11) is 0. The fraction of sp³-hybridized carbons (Fsp3) is 0. The van der Waals surface area contributed by atoms with Gasteiger partial charge in [-0.2, -0.15) is 0 Å². The van der Waals surface area contributed by atoms with Crippen molar-refractivity contribution in [2.75, 3.05) is 5.73 Å². The van der Waals surface area contributed by atoms with Gasteiger partial charge in [0.05, 0.1) is 5.69 Å².